The number of rotatable bonds is 3. The molecule has 1 aromatic carbocycles. The molecule has 0 bridgehead atoms. The van der Waals surface area contributed by atoms with E-state index in [4.69, 9.17) is 4.74 Å². The van der Waals surface area contributed by atoms with E-state index in [1.54, 1.807) is 18.2 Å². The summed E-state index contributed by atoms with van der Waals surface area (Å²) in [6, 6.07) is 6.52. The van der Waals surface area contributed by atoms with E-state index in [9.17, 15) is 9.90 Å². The lowest BCUT2D eigenvalue weighted by Gasteiger charge is -2.11. The van der Waals surface area contributed by atoms with Crippen LogP contribution < -0.4 is 10.3 Å². The zero-order chi connectivity index (χ0) is 14.8. The van der Waals surface area contributed by atoms with Gasteiger partial charge in [-0.2, -0.15) is 0 Å². The van der Waals surface area contributed by atoms with Crippen molar-refractivity contribution in [1.29, 1.82) is 0 Å². The smallest absolute Gasteiger partial charge is 0.251 e. The fourth-order valence-electron chi connectivity index (χ4n) is 2.87. The number of aromatic hydroxyl groups is 1. The first-order valence-electron chi connectivity index (χ1n) is 7.16. The highest BCUT2D eigenvalue weighted by atomic mass is 16.5. The molecule has 0 spiro atoms. The molecule has 3 rings (SSSR count). The van der Waals surface area contributed by atoms with Crippen molar-refractivity contribution in [2.75, 3.05) is 7.11 Å². The number of hydrogen-bond acceptors (Lipinski definition) is 4. The van der Waals surface area contributed by atoms with Gasteiger partial charge in [-0.15, -0.1) is 0 Å². The molecule has 2 aromatic rings. The summed E-state index contributed by atoms with van der Waals surface area (Å²) in [6.45, 7) is 0. The molecule has 0 unspecified atom stereocenters. The molecule has 5 nitrogen and oxygen atoms in total. The number of aromatic nitrogens is 2. The number of nitrogens with one attached hydrogen (secondary N) is 1. The number of phenols is 1. The second-order valence-corrected chi connectivity index (χ2v) is 5.39. The molecular weight excluding hydrogens is 268 g/mol. The molecule has 1 aliphatic rings. The molecular formula is C16H18N2O3. The monoisotopic (exact) mass is 286 g/mol. The lowest BCUT2D eigenvalue weighted by atomic mass is 10.0. The molecule has 1 aromatic heterocycles. The minimum Gasteiger partial charge on any atom is -0.504 e. The molecule has 0 atom stereocenters. The Morgan fingerprint density at radius 3 is 2.76 bits per heavy atom. The van der Waals surface area contributed by atoms with Crippen molar-refractivity contribution in [2.24, 2.45) is 0 Å². The molecule has 5 heteroatoms. The Bertz CT molecular complexity index is 703. The van der Waals surface area contributed by atoms with Crippen molar-refractivity contribution in [2.45, 2.75) is 31.6 Å². The molecule has 2 N–H and O–H groups in total. The van der Waals surface area contributed by atoms with Crippen LogP contribution in [0.25, 0.3) is 11.4 Å². The number of hydrogen-bond donors (Lipinski definition) is 2. The molecule has 1 heterocycles. The summed E-state index contributed by atoms with van der Waals surface area (Å²) < 4.78 is 5.10. The van der Waals surface area contributed by atoms with Gasteiger partial charge in [-0.25, -0.2) is 4.98 Å². The molecule has 1 aliphatic carbocycles. The van der Waals surface area contributed by atoms with Gasteiger partial charge in [0.2, 0.25) is 0 Å². The number of benzene rings is 1. The van der Waals surface area contributed by atoms with Crippen molar-refractivity contribution in [3.63, 3.8) is 0 Å². The minimum absolute atomic E-state index is 0.0653. The molecule has 0 saturated heterocycles. The highest BCUT2D eigenvalue weighted by Gasteiger charge is 2.20. The van der Waals surface area contributed by atoms with E-state index in [-0.39, 0.29) is 11.3 Å². The quantitative estimate of drug-likeness (QED) is 0.909. The Morgan fingerprint density at radius 1 is 1.29 bits per heavy atom. The molecule has 110 valence electrons. The van der Waals surface area contributed by atoms with Crippen LogP contribution in [0, 0.1) is 0 Å². The van der Waals surface area contributed by atoms with E-state index < -0.39 is 0 Å². The van der Waals surface area contributed by atoms with E-state index in [0.717, 1.165) is 24.1 Å². The van der Waals surface area contributed by atoms with E-state index in [0.29, 0.717) is 17.5 Å². The number of aromatic amines is 1. The average molecular weight is 286 g/mol. The summed E-state index contributed by atoms with van der Waals surface area (Å²) in [6.07, 6.45) is 4.58. The Kier molecular flexibility index (Phi) is 3.64. The summed E-state index contributed by atoms with van der Waals surface area (Å²) in [5, 5.41) is 9.65. The fourth-order valence-corrected chi connectivity index (χ4v) is 2.87. The molecule has 0 aliphatic heterocycles. The summed E-state index contributed by atoms with van der Waals surface area (Å²) in [4.78, 5) is 19.2. The number of methoxy groups -OCH3 is 1. The van der Waals surface area contributed by atoms with Crippen LogP contribution >= 0.6 is 0 Å². The van der Waals surface area contributed by atoms with Crippen LogP contribution in [0.5, 0.6) is 11.5 Å². The average Bonchev–Trinajstić information content (AvgIpc) is 3.01. The van der Waals surface area contributed by atoms with Gasteiger partial charge in [0.05, 0.1) is 12.8 Å². The van der Waals surface area contributed by atoms with E-state index in [1.807, 2.05) is 0 Å². The Hall–Kier alpha value is -2.30. The highest BCUT2D eigenvalue weighted by Crippen LogP contribution is 2.34. The molecule has 0 radical (unpaired) electrons. The third-order valence-electron chi connectivity index (χ3n) is 3.99. The maximum absolute atomic E-state index is 11.9. The topological polar surface area (TPSA) is 75.2 Å². The van der Waals surface area contributed by atoms with Gasteiger partial charge in [-0.05, 0) is 31.0 Å². The Balaban J connectivity index is 2.03. The predicted octanol–water partition coefficient (Wildman–Crippen LogP) is 2.81. The first-order chi connectivity index (χ1) is 10.2. The van der Waals surface area contributed by atoms with Crippen LogP contribution in [0.2, 0.25) is 0 Å². The largest absolute Gasteiger partial charge is 0.504 e. The highest BCUT2D eigenvalue weighted by molar-refractivity contribution is 5.60. The van der Waals surface area contributed by atoms with E-state index in [1.165, 1.54) is 26.0 Å². The van der Waals surface area contributed by atoms with Gasteiger partial charge in [-0.1, -0.05) is 12.8 Å². The SMILES string of the molecule is COc1cc(-c2nc(C3CCCC3)cc(=O)[nH]2)ccc1O. The number of ether oxygens (including phenoxy) is 1. The second-order valence-electron chi connectivity index (χ2n) is 5.39. The van der Waals surface area contributed by atoms with Gasteiger partial charge < -0.3 is 14.8 Å². The van der Waals surface area contributed by atoms with Gasteiger partial charge in [0.1, 0.15) is 5.82 Å². The molecule has 21 heavy (non-hydrogen) atoms. The first-order valence-corrected chi connectivity index (χ1v) is 7.16. The van der Waals surface area contributed by atoms with Crippen LogP contribution in [0.15, 0.2) is 29.1 Å². The first kappa shape index (κ1) is 13.7. The summed E-state index contributed by atoms with van der Waals surface area (Å²) in [5.41, 5.74) is 1.44. The van der Waals surface area contributed by atoms with Crippen molar-refractivity contribution in [3.05, 3.63) is 40.3 Å². The number of H-pyrrole nitrogens is 1. The van der Waals surface area contributed by atoms with Crippen LogP contribution in [0.1, 0.15) is 37.3 Å². The van der Waals surface area contributed by atoms with Gasteiger partial charge in [0.25, 0.3) is 5.56 Å². The normalized spacial score (nSPS) is 15.3. The Labute approximate surface area is 122 Å². The van der Waals surface area contributed by atoms with Crippen LogP contribution in [-0.4, -0.2) is 22.2 Å². The van der Waals surface area contributed by atoms with Gasteiger partial charge in [0, 0.05) is 17.5 Å². The van der Waals surface area contributed by atoms with E-state index in [2.05, 4.69) is 9.97 Å². The zero-order valence-electron chi connectivity index (χ0n) is 11.9. The number of nitrogens with zero attached hydrogens (tertiary/aromatic N) is 1. The zero-order valence-corrected chi connectivity index (χ0v) is 11.9. The third kappa shape index (κ3) is 2.77. The van der Waals surface area contributed by atoms with Crippen molar-refractivity contribution in [1.82, 2.24) is 9.97 Å². The van der Waals surface area contributed by atoms with Crippen molar-refractivity contribution >= 4 is 0 Å². The van der Waals surface area contributed by atoms with Gasteiger partial charge >= 0.3 is 0 Å². The van der Waals surface area contributed by atoms with Gasteiger partial charge in [0.15, 0.2) is 11.5 Å². The summed E-state index contributed by atoms with van der Waals surface area (Å²) in [5.74, 6) is 1.32. The molecule has 1 saturated carbocycles. The summed E-state index contributed by atoms with van der Waals surface area (Å²) >= 11 is 0. The minimum atomic E-state index is -0.144. The predicted molar refractivity (Wildman–Crippen MR) is 79.7 cm³/mol. The number of phenolic OH excluding ortho intramolecular Hbond substituents is 1. The fraction of sp³-hybridized carbons (Fsp3) is 0.375. The molecule has 0 amide bonds. The maximum atomic E-state index is 11.9. The Morgan fingerprint density at radius 2 is 2.05 bits per heavy atom. The lowest BCUT2D eigenvalue weighted by molar-refractivity contribution is 0.373. The van der Waals surface area contributed by atoms with Crippen LogP contribution in [0.4, 0.5) is 0 Å². The standard InChI is InChI=1S/C16H18N2O3/c1-21-14-8-11(6-7-13(14)19)16-17-12(9-15(20)18-16)10-4-2-3-5-10/h6-10,19H,2-5H2,1H3,(H,17,18,20). The third-order valence-corrected chi connectivity index (χ3v) is 3.99. The van der Waals surface area contributed by atoms with Crippen LogP contribution in [-0.2, 0) is 0 Å². The van der Waals surface area contributed by atoms with Crippen molar-refractivity contribution in [3.8, 4) is 22.9 Å². The van der Waals surface area contributed by atoms with E-state index >= 15 is 0 Å². The second kappa shape index (κ2) is 5.60. The summed E-state index contributed by atoms with van der Waals surface area (Å²) in [7, 11) is 1.49. The van der Waals surface area contributed by atoms with Gasteiger partial charge in [-0.3, -0.25) is 4.79 Å². The van der Waals surface area contributed by atoms with Crippen LogP contribution in [0.3, 0.4) is 0 Å². The van der Waals surface area contributed by atoms with Crippen molar-refractivity contribution < 1.29 is 9.84 Å². The lowest BCUT2D eigenvalue weighted by Crippen LogP contribution is -2.12. The maximum Gasteiger partial charge on any atom is 0.251 e. The molecule has 1 fully saturated rings.